The van der Waals surface area contributed by atoms with Crippen LogP contribution >= 0.6 is 0 Å². The Kier molecular flexibility index (Phi) is 10.2. The van der Waals surface area contributed by atoms with E-state index in [1.54, 1.807) is 7.11 Å². The fourth-order valence-corrected chi connectivity index (χ4v) is 1.49. The Hall–Kier alpha value is -1.02. The second kappa shape index (κ2) is 10.7. The number of alkyl halides is 3. The predicted molar refractivity (Wildman–Crippen MR) is 74.0 cm³/mol. The normalized spacial score (nSPS) is 12.8. The van der Waals surface area contributed by atoms with Crippen LogP contribution in [0, 0.1) is 0 Å². The molecule has 0 aliphatic heterocycles. The van der Waals surface area contributed by atoms with Crippen LogP contribution in [0.4, 0.5) is 13.2 Å². The van der Waals surface area contributed by atoms with Gasteiger partial charge in [-0.05, 0) is 20.4 Å². The molecule has 0 aliphatic rings. The summed E-state index contributed by atoms with van der Waals surface area (Å²) in [5.41, 5.74) is 0. The van der Waals surface area contributed by atoms with Crippen LogP contribution < -0.4 is 10.6 Å². The molecule has 0 rings (SSSR count). The van der Waals surface area contributed by atoms with Crippen molar-refractivity contribution >= 4 is 5.96 Å². The second-order valence-corrected chi connectivity index (χ2v) is 4.39. The third kappa shape index (κ3) is 12.0. The van der Waals surface area contributed by atoms with Gasteiger partial charge in [-0.15, -0.1) is 0 Å². The Morgan fingerprint density at radius 1 is 1.30 bits per heavy atom. The topological polar surface area (TPSA) is 48.9 Å². The minimum absolute atomic E-state index is 0.294. The highest BCUT2D eigenvalue weighted by atomic mass is 19.4. The third-order valence-corrected chi connectivity index (χ3v) is 2.36. The number of methoxy groups -OCH3 is 1. The van der Waals surface area contributed by atoms with Crippen molar-refractivity contribution in [2.75, 3.05) is 53.5 Å². The van der Waals surface area contributed by atoms with E-state index in [0.717, 1.165) is 6.42 Å². The first kappa shape index (κ1) is 19.0. The lowest BCUT2D eigenvalue weighted by molar-refractivity contribution is -0.142. The monoisotopic (exact) mass is 298 g/mol. The van der Waals surface area contributed by atoms with Gasteiger partial charge in [0.25, 0.3) is 0 Å². The van der Waals surface area contributed by atoms with Gasteiger partial charge in [-0.25, -0.2) is 0 Å². The molecule has 0 aromatic rings. The van der Waals surface area contributed by atoms with E-state index in [9.17, 15) is 13.2 Å². The molecule has 120 valence electrons. The van der Waals surface area contributed by atoms with Gasteiger partial charge in [-0.1, -0.05) is 0 Å². The quantitative estimate of drug-likeness (QED) is 0.380. The van der Waals surface area contributed by atoms with E-state index >= 15 is 0 Å². The summed E-state index contributed by atoms with van der Waals surface area (Å²) in [6, 6.07) is 0. The largest absolute Gasteiger partial charge is 0.401 e. The molecule has 2 N–H and O–H groups in total. The fraction of sp³-hybridized carbons (Fsp3) is 0.917. The molecule has 0 heterocycles. The van der Waals surface area contributed by atoms with Crippen molar-refractivity contribution < 1.29 is 17.9 Å². The van der Waals surface area contributed by atoms with Crippen molar-refractivity contribution in [2.45, 2.75) is 19.5 Å². The van der Waals surface area contributed by atoms with Crippen LogP contribution in [0.5, 0.6) is 0 Å². The average molecular weight is 298 g/mol. The number of nitrogens with zero attached hydrogens (tertiary/aromatic N) is 2. The number of halogens is 3. The SMILES string of the molecule is CCNC(=NCCCOC)NCCN(C)CC(F)(F)F. The third-order valence-electron chi connectivity index (χ3n) is 2.36. The van der Waals surface area contributed by atoms with Gasteiger partial charge in [0, 0.05) is 39.9 Å². The Morgan fingerprint density at radius 2 is 2.00 bits per heavy atom. The van der Waals surface area contributed by atoms with Crippen LogP contribution in [-0.4, -0.2) is 70.5 Å². The highest BCUT2D eigenvalue weighted by molar-refractivity contribution is 5.79. The van der Waals surface area contributed by atoms with E-state index in [4.69, 9.17) is 4.74 Å². The number of aliphatic imine (C=N–C) groups is 1. The molecule has 0 bridgehead atoms. The van der Waals surface area contributed by atoms with Crippen LogP contribution in [0.3, 0.4) is 0 Å². The van der Waals surface area contributed by atoms with Gasteiger partial charge in [0.1, 0.15) is 0 Å². The number of likely N-dealkylation sites (N-methyl/N-ethyl adjacent to an activating group) is 1. The zero-order chi connectivity index (χ0) is 15.4. The highest BCUT2D eigenvalue weighted by Crippen LogP contribution is 2.14. The molecule has 5 nitrogen and oxygen atoms in total. The zero-order valence-electron chi connectivity index (χ0n) is 12.4. The lowest BCUT2D eigenvalue weighted by atomic mass is 10.4. The summed E-state index contributed by atoms with van der Waals surface area (Å²) in [5, 5.41) is 6.04. The maximum absolute atomic E-state index is 12.1. The van der Waals surface area contributed by atoms with Crippen molar-refractivity contribution in [3.63, 3.8) is 0 Å². The van der Waals surface area contributed by atoms with E-state index in [0.29, 0.717) is 38.7 Å². The first-order chi connectivity index (χ1) is 9.39. The molecule has 8 heteroatoms. The summed E-state index contributed by atoms with van der Waals surface area (Å²) < 4.78 is 41.3. The molecule has 0 unspecified atom stereocenters. The summed E-state index contributed by atoms with van der Waals surface area (Å²) in [6.07, 6.45) is -3.35. The number of hydrogen-bond donors (Lipinski definition) is 2. The molecule has 0 aromatic heterocycles. The van der Waals surface area contributed by atoms with Gasteiger partial charge in [0.15, 0.2) is 5.96 Å². The van der Waals surface area contributed by atoms with Crippen LogP contribution in [-0.2, 0) is 4.74 Å². The van der Waals surface area contributed by atoms with E-state index in [2.05, 4.69) is 15.6 Å². The molecule has 0 atom stereocenters. The molecule has 0 aromatic carbocycles. The standard InChI is InChI=1S/C12H25F3N4O/c1-4-16-11(17-6-5-9-20-3)18-7-8-19(2)10-12(13,14)15/h4-10H2,1-3H3,(H2,16,17,18). The molecule has 0 fully saturated rings. The van der Waals surface area contributed by atoms with Crippen LogP contribution in [0.25, 0.3) is 0 Å². The number of hydrogen-bond acceptors (Lipinski definition) is 3. The molecule has 0 amide bonds. The zero-order valence-corrected chi connectivity index (χ0v) is 12.4. The lowest BCUT2D eigenvalue weighted by Crippen LogP contribution is -2.42. The Labute approximate surface area is 118 Å². The maximum Gasteiger partial charge on any atom is 0.401 e. The molecule has 0 saturated heterocycles. The number of ether oxygens (including phenoxy) is 1. The van der Waals surface area contributed by atoms with Gasteiger partial charge in [-0.2, -0.15) is 13.2 Å². The van der Waals surface area contributed by atoms with Crippen molar-refractivity contribution in [1.82, 2.24) is 15.5 Å². The summed E-state index contributed by atoms with van der Waals surface area (Å²) >= 11 is 0. The number of guanidine groups is 1. The molecule has 0 aliphatic carbocycles. The van der Waals surface area contributed by atoms with Crippen molar-refractivity contribution in [3.8, 4) is 0 Å². The number of rotatable bonds is 9. The van der Waals surface area contributed by atoms with Gasteiger partial charge in [-0.3, -0.25) is 9.89 Å². The highest BCUT2D eigenvalue weighted by Gasteiger charge is 2.28. The van der Waals surface area contributed by atoms with Gasteiger partial charge in [0.05, 0.1) is 6.54 Å². The Morgan fingerprint density at radius 3 is 2.55 bits per heavy atom. The summed E-state index contributed by atoms with van der Waals surface area (Å²) in [7, 11) is 3.07. The molecular weight excluding hydrogens is 273 g/mol. The average Bonchev–Trinajstić information content (AvgIpc) is 2.32. The van der Waals surface area contributed by atoms with E-state index in [-0.39, 0.29) is 0 Å². The minimum atomic E-state index is -4.16. The second-order valence-electron chi connectivity index (χ2n) is 4.39. The van der Waals surface area contributed by atoms with Crippen molar-refractivity contribution in [1.29, 1.82) is 0 Å². The number of nitrogens with one attached hydrogen (secondary N) is 2. The van der Waals surface area contributed by atoms with E-state index < -0.39 is 12.7 Å². The molecule has 0 saturated carbocycles. The van der Waals surface area contributed by atoms with Crippen LogP contribution in [0.15, 0.2) is 4.99 Å². The molecule has 0 spiro atoms. The van der Waals surface area contributed by atoms with E-state index in [1.807, 2.05) is 6.92 Å². The van der Waals surface area contributed by atoms with Gasteiger partial charge in [0.2, 0.25) is 0 Å². The molecular formula is C12H25F3N4O. The first-order valence-corrected chi connectivity index (χ1v) is 6.65. The Balaban J connectivity index is 3.95. The first-order valence-electron chi connectivity index (χ1n) is 6.65. The maximum atomic E-state index is 12.1. The fourth-order valence-electron chi connectivity index (χ4n) is 1.49. The van der Waals surface area contributed by atoms with Gasteiger partial charge < -0.3 is 15.4 Å². The molecule has 0 radical (unpaired) electrons. The van der Waals surface area contributed by atoms with Gasteiger partial charge >= 0.3 is 6.18 Å². The van der Waals surface area contributed by atoms with Crippen LogP contribution in [0.2, 0.25) is 0 Å². The Bertz CT molecular complexity index is 272. The lowest BCUT2D eigenvalue weighted by Gasteiger charge is -2.19. The minimum Gasteiger partial charge on any atom is -0.385 e. The van der Waals surface area contributed by atoms with Crippen molar-refractivity contribution in [2.24, 2.45) is 4.99 Å². The smallest absolute Gasteiger partial charge is 0.385 e. The summed E-state index contributed by atoms with van der Waals surface area (Å²) in [5.74, 6) is 0.615. The van der Waals surface area contributed by atoms with Crippen molar-refractivity contribution in [3.05, 3.63) is 0 Å². The summed E-state index contributed by atoms with van der Waals surface area (Å²) in [4.78, 5) is 5.52. The molecule has 20 heavy (non-hydrogen) atoms. The van der Waals surface area contributed by atoms with E-state index in [1.165, 1.54) is 11.9 Å². The summed E-state index contributed by atoms with van der Waals surface area (Å²) in [6.45, 7) is 3.68. The predicted octanol–water partition coefficient (Wildman–Crippen LogP) is 1.07. The van der Waals surface area contributed by atoms with Crippen LogP contribution in [0.1, 0.15) is 13.3 Å².